The first-order valence-corrected chi connectivity index (χ1v) is 6.91. The number of carbonyl (C=O) groups is 1. The van der Waals surface area contributed by atoms with Gasteiger partial charge in [0.15, 0.2) is 11.5 Å². The minimum Gasteiger partial charge on any atom is -0.486 e. The maximum Gasteiger partial charge on any atom is 0.236 e. The number of para-hydroxylation sites is 2. The molecule has 1 heterocycles. The van der Waals surface area contributed by atoms with E-state index in [4.69, 9.17) is 9.47 Å². The van der Waals surface area contributed by atoms with Gasteiger partial charge in [0.1, 0.15) is 12.7 Å². The first-order chi connectivity index (χ1) is 9.60. The highest BCUT2D eigenvalue weighted by Gasteiger charge is 2.23. The fourth-order valence-corrected chi connectivity index (χ4v) is 2.08. The highest BCUT2D eigenvalue weighted by Crippen LogP contribution is 2.30. The summed E-state index contributed by atoms with van der Waals surface area (Å²) in [6.07, 6.45) is -0.0418. The number of benzene rings is 1. The van der Waals surface area contributed by atoms with E-state index in [0.717, 1.165) is 18.0 Å². The number of hydrogen-bond donors (Lipinski definition) is 0. The third-order valence-corrected chi connectivity index (χ3v) is 3.33. The number of rotatable bonds is 5. The van der Waals surface area contributed by atoms with Crippen molar-refractivity contribution in [1.29, 1.82) is 0 Å². The molecule has 0 saturated carbocycles. The van der Waals surface area contributed by atoms with Crippen molar-refractivity contribution >= 4 is 5.91 Å². The number of carbonyl (C=O) groups excluding carboxylic acids is 1. The van der Waals surface area contributed by atoms with Gasteiger partial charge in [0.25, 0.3) is 0 Å². The number of ether oxygens (including phenoxy) is 2. The number of fused-ring (bicyclic) bond motifs is 1. The van der Waals surface area contributed by atoms with Crippen molar-refractivity contribution in [2.24, 2.45) is 0 Å². The van der Waals surface area contributed by atoms with E-state index in [-0.39, 0.29) is 12.0 Å². The van der Waals surface area contributed by atoms with Gasteiger partial charge in [-0.15, -0.1) is 0 Å². The summed E-state index contributed by atoms with van der Waals surface area (Å²) in [6, 6.07) is 7.66. The van der Waals surface area contributed by atoms with Crippen LogP contribution in [0.1, 0.15) is 6.92 Å². The van der Waals surface area contributed by atoms with Crippen LogP contribution in [0.25, 0.3) is 0 Å². The van der Waals surface area contributed by atoms with E-state index < -0.39 is 0 Å². The third-order valence-electron chi connectivity index (χ3n) is 3.33. The lowest BCUT2D eigenvalue weighted by Gasteiger charge is -2.31. The van der Waals surface area contributed by atoms with E-state index >= 15 is 0 Å². The van der Waals surface area contributed by atoms with Crippen molar-refractivity contribution in [3.63, 3.8) is 0 Å². The lowest BCUT2D eigenvalue weighted by Crippen LogP contribution is -2.44. The predicted octanol–water partition coefficient (Wildman–Crippen LogP) is 1.24. The molecule has 1 atom stereocenters. The molecule has 0 aromatic heterocycles. The summed E-state index contributed by atoms with van der Waals surface area (Å²) in [5.41, 5.74) is 0. The molecule has 1 aromatic carbocycles. The van der Waals surface area contributed by atoms with E-state index in [9.17, 15) is 4.79 Å². The minimum atomic E-state index is -0.0418. The van der Waals surface area contributed by atoms with Crippen molar-refractivity contribution in [3.05, 3.63) is 24.3 Å². The monoisotopic (exact) mass is 278 g/mol. The Morgan fingerprint density at radius 3 is 2.65 bits per heavy atom. The first kappa shape index (κ1) is 14.7. The van der Waals surface area contributed by atoms with Gasteiger partial charge in [0.05, 0.1) is 6.54 Å². The average Bonchev–Trinajstić information content (AvgIpc) is 2.46. The highest BCUT2D eigenvalue weighted by molar-refractivity contribution is 5.77. The van der Waals surface area contributed by atoms with Crippen LogP contribution >= 0.6 is 0 Å². The Balaban J connectivity index is 1.91. The van der Waals surface area contributed by atoms with Gasteiger partial charge in [-0.1, -0.05) is 19.1 Å². The smallest absolute Gasteiger partial charge is 0.236 e. The zero-order valence-corrected chi connectivity index (χ0v) is 12.3. The summed E-state index contributed by atoms with van der Waals surface area (Å²) in [6.45, 7) is 4.46. The molecule has 0 spiro atoms. The van der Waals surface area contributed by atoms with Crippen molar-refractivity contribution in [3.8, 4) is 11.5 Å². The molecule has 1 amide bonds. The second kappa shape index (κ2) is 6.61. The molecule has 0 aliphatic carbocycles. The van der Waals surface area contributed by atoms with Crippen LogP contribution in [-0.2, 0) is 4.79 Å². The van der Waals surface area contributed by atoms with Crippen molar-refractivity contribution in [1.82, 2.24) is 9.80 Å². The molecular weight excluding hydrogens is 256 g/mol. The van der Waals surface area contributed by atoms with Gasteiger partial charge in [-0.3, -0.25) is 9.69 Å². The van der Waals surface area contributed by atoms with Gasteiger partial charge >= 0.3 is 0 Å². The summed E-state index contributed by atoms with van der Waals surface area (Å²) in [5.74, 6) is 1.67. The number of likely N-dealkylation sites (N-methyl/N-ethyl adjacent to an activating group) is 2. The molecule has 20 heavy (non-hydrogen) atoms. The van der Waals surface area contributed by atoms with Crippen molar-refractivity contribution in [2.45, 2.75) is 13.0 Å². The number of nitrogens with zero attached hydrogens (tertiary/aromatic N) is 2. The summed E-state index contributed by atoms with van der Waals surface area (Å²) in [4.78, 5) is 15.4. The molecule has 110 valence electrons. The SMILES string of the molecule is CCN(CC(=O)N(C)C)CC1COc2ccccc2O1. The second-order valence-electron chi connectivity index (χ2n) is 5.11. The van der Waals surface area contributed by atoms with Crippen LogP contribution in [0.15, 0.2) is 24.3 Å². The Kier molecular flexibility index (Phi) is 4.84. The Hall–Kier alpha value is -1.75. The van der Waals surface area contributed by atoms with Crippen LogP contribution in [0.3, 0.4) is 0 Å². The van der Waals surface area contributed by atoms with E-state index in [2.05, 4.69) is 4.90 Å². The molecule has 1 aliphatic rings. The largest absolute Gasteiger partial charge is 0.486 e. The molecule has 5 nitrogen and oxygen atoms in total. The second-order valence-corrected chi connectivity index (χ2v) is 5.11. The van der Waals surface area contributed by atoms with Gasteiger partial charge in [-0.2, -0.15) is 0 Å². The maximum atomic E-state index is 11.8. The summed E-state index contributed by atoms with van der Waals surface area (Å²) in [5, 5.41) is 0. The first-order valence-electron chi connectivity index (χ1n) is 6.91. The molecule has 0 bridgehead atoms. The van der Waals surface area contributed by atoms with Crippen LogP contribution in [0.4, 0.5) is 0 Å². The van der Waals surface area contributed by atoms with Crippen molar-refractivity contribution < 1.29 is 14.3 Å². The molecule has 5 heteroatoms. The van der Waals surface area contributed by atoms with Crippen LogP contribution in [0.5, 0.6) is 11.5 Å². The van der Waals surface area contributed by atoms with Gasteiger partial charge in [0, 0.05) is 20.6 Å². The van der Waals surface area contributed by atoms with Crippen LogP contribution in [-0.4, -0.2) is 62.1 Å². The van der Waals surface area contributed by atoms with Gasteiger partial charge in [-0.25, -0.2) is 0 Å². The van der Waals surface area contributed by atoms with Crippen LogP contribution in [0, 0.1) is 0 Å². The molecular formula is C15H22N2O3. The average molecular weight is 278 g/mol. The standard InChI is InChI=1S/C15H22N2O3/c1-4-17(10-15(18)16(2)3)9-12-11-19-13-7-5-6-8-14(13)20-12/h5-8,12H,4,9-11H2,1-3H3. The minimum absolute atomic E-state index is 0.0418. The zero-order chi connectivity index (χ0) is 14.5. The molecule has 0 N–H and O–H groups in total. The Morgan fingerprint density at radius 1 is 1.30 bits per heavy atom. The third kappa shape index (κ3) is 3.63. The van der Waals surface area contributed by atoms with E-state index in [0.29, 0.717) is 19.7 Å². The molecule has 2 rings (SSSR count). The topological polar surface area (TPSA) is 42.0 Å². The molecule has 0 fully saturated rings. The van der Waals surface area contributed by atoms with Gasteiger partial charge < -0.3 is 14.4 Å². The van der Waals surface area contributed by atoms with E-state index in [1.807, 2.05) is 31.2 Å². The maximum absolute atomic E-state index is 11.8. The Labute approximate surface area is 120 Å². The summed E-state index contributed by atoms with van der Waals surface area (Å²) < 4.78 is 11.6. The van der Waals surface area contributed by atoms with Gasteiger partial charge in [-0.05, 0) is 18.7 Å². The fraction of sp³-hybridized carbons (Fsp3) is 0.533. The Morgan fingerprint density at radius 2 is 2.00 bits per heavy atom. The molecule has 0 radical (unpaired) electrons. The fourth-order valence-electron chi connectivity index (χ4n) is 2.08. The van der Waals surface area contributed by atoms with E-state index in [1.54, 1.807) is 19.0 Å². The normalized spacial score (nSPS) is 17.1. The zero-order valence-electron chi connectivity index (χ0n) is 12.3. The summed E-state index contributed by atoms with van der Waals surface area (Å²) >= 11 is 0. The molecule has 0 saturated heterocycles. The Bertz CT molecular complexity index is 462. The lowest BCUT2D eigenvalue weighted by atomic mass is 10.2. The van der Waals surface area contributed by atoms with E-state index in [1.165, 1.54) is 0 Å². The van der Waals surface area contributed by atoms with Gasteiger partial charge in [0.2, 0.25) is 5.91 Å². The number of amides is 1. The highest BCUT2D eigenvalue weighted by atomic mass is 16.6. The van der Waals surface area contributed by atoms with Crippen LogP contribution < -0.4 is 9.47 Å². The lowest BCUT2D eigenvalue weighted by molar-refractivity contribution is -0.130. The molecule has 1 aromatic rings. The molecule has 1 unspecified atom stereocenters. The van der Waals surface area contributed by atoms with Crippen molar-refractivity contribution in [2.75, 3.05) is 40.3 Å². The predicted molar refractivity (Wildman–Crippen MR) is 77.2 cm³/mol. The quantitative estimate of drug-likeness (QED) is 0.812. The molecule has 1 aliphatic heterocycles. The summed E-state index contributed by atoms with van der Waals surface area (Å²) in [7, 11) is 3.54. The van der Waals surface area contributed by atoms with Crippen LogP contribution in [0.2, 0.25) is 0 Å². The number of hydrogen-bond acceptors (Lipinski definition) is 4.